The van der Waals surface area contributed by atoms with Gasteiger partial charge in [-0.1, -0.05) is 11.6 Å². The van der Waals surface area contributed by atoms with Gasteiger partial charge in [-0.3, -0.25) is 0 Å². The van der Waals surface area contributed by atoms with Gasteiger partial charge in [0, 0.05) is 32.7 Å². The molecule has 1 aliphatic rings. The third-order valence-corrected chi connectivity index (χ3v) is 2.60. The molecule has 1 unspecified atom stereocenters. The second kappa shape index (κ2) is 7.85. The van der Waals surface area contributed by atoms with Gasteiger partial charge < -0.3 is 14.8 Å². The van der Waals surface area contributed by atoms with Crippen LogP contribution in [0, 0.1) is 5.92 Å². The smallest absolute Gasteiger partial charge is 0.0587 e. The second-order valence-corrected chi connectivity index (χ2v) is 4.16. The molecule has 88 valence electrons. The number of hydrogen-bond acceptors (Lipinski definition) is 3. The van der Waals surface area contributed by atoms with Crippen LogP contribution in [0.4, 0.5) is 0 Å². The van der Waals surface area contributed by atoms with E-state index >= 15 is 0 Å². The van der Waals surface area contributed by atoms with E-state index in [1.165, 1.54) is 18.4 Å². The molecule has 1 heterocycles. The first-order valence-electron chi connectivity index (χ1n) is 5.77. The van der Waals surface area contributed by atoms with Gasteiger partial charge >= 0.3 is 0 Å². The van der Waals surface area contributed by atoms with Crippen molar-refractivity contribution < 1.29 is 9.47 Å². The van der Waals surface area contributed by atoms with E-state index in [0.29, 0.717) is 5.92 Å². The Morgan fingerprint density at radius 3 is 3.13 bits per heavy atom. The van der Waals surface area contributed by atoms with Crippen molar-refractivity contribution in [2.75, 3.05) is 40.0 Å². The molecule has 3 nitrogen and oxygen atoms in total. The van der Waals surface area contributed by atoms with E-state index in [1.807, 2.05) is 0 Å². The van der Waals surface area contributed by atoms with E-state index in [2.05, 4.69) is 18.3 Å². The highest BCUT2D eigenvalue weighted by atomic mass is 16.5. The van der Waals surface area contributed by atoms with Gasteiger partial charge in [0.25, 0.3) is 0 Å². The van der Waals surface area contributed by atoms with Gasteiger partial charge in [-0.05, 0) is 19.8 Å². The second-order valence-electron chi connectivity index (χ2n) is 4.16. The maximum absolute atomic E-state index is 5.44. The molecule has 1 saturated heterocycles. The predicted molar refractivity (Wildman–Crippen MR) is 62.0 cm³/mol. The van der Waals surface area contributed by atoms with Crippen LogP contribution in [0.5, 0.6) is 0 Å². The van der Waals surface area contributed by atoms with Crippen LogP contribution in [0.25, 0.3) is 0 Å². The molecule has 0 saturated carbocycles. The van der Waals surface area contributed by atoms with Crippen LogP contribution < -0.4 is 5.32 Å². The van der Waals surface area contributed by atoms with E-state index in [-0.39, 0.29) is 0 Å². The Hall–Kier alpha value is -0.380. The molecule has 0 aromatic rings. The Labute approximate surface area is 92.8 Å². The van der Waals surface area contributed by atoms with Gasteiger partial charge in [0.15, 0.2) is 0 Å². The van der Waals surface area contributed by atoms with Gasteiger partial charge in [0.05, 0.1) is 13.2 Å². The molecule has 1 aliphatic heterocycles. The SMILES string of the molecule is COCCNC/C(C)=C/C1CCCOC1. The van der Waals surface area contributed by atoms with E-state index < -0.39 is 0 Å². The Bertz CT molecular complexity index is 186. The average Bonchev–Trinajstić information content (AvgIpc) is 2.26. The molecule has 0 aromatic heterocycles. The first kappa shape index (κ1) is 12.7. The highest BCUT2D eigenvalue weighted by Gasteiger charge is 2.10. The van der Waals surface area contributed by atoms with E-state index in [9.17, 15) is 0 Å². The highest BCUT2D eigenvalue weighted by molar-refractivity contribution is 5.03. The molecular weight excluding hydrogens is 190 g/mol. The first-order valence-corrected chi connectivity index (χ1v) is 5.77. The molecule has 0 aromatic carbocycles. The van der Waals surface area contributed by atoms with Crippen molar-refractivity contribution in [3.8, 4) is 0 Å². The minimum absolute atomic E-state index is 0.628. The molecule has 0 spiro atoms. The van der Waals surface area contributed by atoms with Gasteiger partial charge in [-0.2, -0.15) is 0 Å². The molecule has 1 fully saturated rings. The summed E-state index contributed by atoms with van der Waals surface area (Å²) in [4.78, 5) is 0. The predicted octanol–water partition coefficient (Wildman–Crippen LogP) is 1.60. The number of hydrogen-bond donors (Lipinski definition) is 1. The number of nitrogens with one attached hydrogen (secondary N) is 1. The quantitative estimate of drug-likeness (QED) is 0.537. The largest absolute Gasteiger partial charge is 0.383 e. The van der Waals surface area contributed by atoms with Crippen molar-refractivity contribution in [2.24, 2.45) is 5.92 Å². The molecule has 3 heteroatoms. The van der Waals surface area contributed by atoms with Gasteiger partial charge in [0.1, 0.15) is 0 Å². The van der Waals surface area contributed by atoms with Gasteiger partial charge in [-0.25, -0.2) is 0 Å². The molecular formula is C12H23NO2. The van der Waals surface area contributed by atoms with Crippen molar-refractivity contribution in [1.29, 1.82) is 0 Å². The van der Waals surface area contributed by atoms with E-state index in [1.54, 1.807) is 7.11 Å². The van der Waals surface area contributed by atoms with Crippen LogP contribution >= 0.6 is 0 Å². The normalized spacial score (nSPS) is 23.1. The Balaban J connectivity index is 2.13. The third-order valence-electron chi connectivity index (χ3n) is 2.60. The van der Waals surface area contributed by atoms with Crippen LogP contribution in [0.1, 0.15) is 19.8 Å². The highest BCUT2D eigenvalue weighted by Crippen LogP contribution is 2.16. The summed E-state index contributed by atoms with van der Waals surface area (Å²) in [5, 5.41) is 3.34. The lowest BCUT2D eigenvalue weighted by molar-refractivity contribution is 0.0707. The lowest BCUT2D eigenvalue weighted by atomic mass is 9.99. The van der Waals surface area contributed by atoms with E-state index in [0.717, 1.165) is 32.9 Å². The molecule has 0 radical (unpaired) electrons. The zero-order chi connectivity index (χ0) is 10.9. The number of ether oxygens (including phenoxy) is 2. The summed E-state index contributed by atoms with van der Waals surface area (Å²) in [5.41, 5.74) is 1.40. The zero-order valence-electron chi connectivity index (χ0n) is 9.92. The van der Waals surface area contributed by atoms with Gasteiger partial charge in [0.2, 0.25) is 0 Å². The first-order chi connectivity index (χ1) is 7.33. The Kier molecular flexibility index (Phi) is 6.64. The van der Waals surface area contributed by atoms with E-state index in [4.69, 9.17) is 9.47 Å². The van der Waals surface area contributed by atoms with Crippen molar-refractivity contribution in [1.82, 2.24) is 5.32 Å². The molecule has 1 atom stereocenters. The van der Waals surface area contributed by atoms with Crippen LogP contribution in [-0.2, 0) is 9.47 Å². The fourth-order valence-corrected chi connectivity index (χ4v) is 1.82. The van der Waals surface area contributed by atoms with Crippen LogP contribution in [0.15, 0.2) is 11.6 Å². The maximum Gasteiger partial charge on any atom is 0.0587 e. The average molecular weight is 213 g/mol. The summed E-state index contributed by atoms with van der Waals surface area (Å²) >= 11 is 0. The van der Waals surface area contributed by atoms with Crippen LogP contribution in [-0.4, -0.2) is 40.0 Å². The number of rotatable bonds is 6. The fraction of sp³-hybridized carbons (Fsp3) is 0.833. The maximum atomic E-state index is 5.44. The van der Waals surface area contributed by atoms with Crippen LogP contribution in [0.2, 0.25) is 0 Å². The van der Waals surface area contributed by atoms with Gasteiger partial charge in [-0.15, -0.1) is 0 Å². The van der Waals surface area contributed by atoms with Crippen molar-refractivity contribution >= 4 is 0 Å². The summed E-state index contributed by atoms with van der Waals surface area (Å²) in [7, 11) is 1.73. The standard InChI is InChI=1S/C12H23NO2/c1-11(9-13-5-7-14-2)8-12-4-3-6-15-10-12/h8,12-13H,3-7,9-10H2,1-2H3/b11-8+. The molecule has 0 amide bonds. The summed E-state index contributed by atoms with van der Waals surface area (Å²) in [6.07, 6.45) is 4.82. The molecule has 1 rings (SSSR count). The Morgan fingerprint density at radius 1 is 1.60 bits per heavy atom. The fourth-order valence-electron chi connectivity index (χ4n) is 1.82. The monoisotopic (exact) mass is 213 g/mol. The molecule has 1 N–H and O–H groups in total. The molecule has 0 bridgehead atoms. The molecule has 0 aliphatic carbocycles. The summed E-state index contributed by atoms with van der Waals surface area (Å²) in [6.45, 7) is 6.67. The lowest BCUT2D eigenvalue weighted by Gasteiger charge is -2.19. The summed E-state index contributed by atoms with van der Waals surface area (Å²) in [5.74, 6) is 0.628. The minimum atomic E-state index is 0.628. The van der Waals surface area contributed by atoms with Crippen molar-refractivity contribution in [3.05, 3.63) is 11.6 Å². The topological polar surface area (TPSA) is 30.5 Å². The third kappa shape index (κ3) is 5.92. The summed E-state index contributed by atoms with van der Waals surface area (Å²) in [6, 6.07) is 0. The minimum Gasteiger partial charge on any atom is -0.383 e. The lowest BCUT2D eigenvalue weighted by Crippen LogP contribution is -2.22. The van der Waals surface area contributed by atoms with Crippen molar-refractivity contribution in [3.63, 3.8) is 0 Å². The summed E-state index contributed by atoms with van der Waals surface area (Å²) < 4.78 is 10.4. The molecule has 15 heavy (non-hydrogen) atoms. The Morgan fingerprint density at radius 2 is 2.47 bits per heavy atom. The number of methoxy groups -OCH3 is 1. The van der Waals surface area contributed by atoms with Crippen LogP contribution in [0.3, 0.4) is 0 Å². The zero-order valence-corrected chi connectivity index (χ0v) is 9.92. The van der Waals surface area contributed by atoms with Crippen molar-refractivity contribution in [2.45, 2.75) is 19.8 Å².